The van der Waals surface area contributed by atoms with Crippen LogP contribution in [-0.2, 0) is 6.61 Å². The van der Waals surface area contributed by atoms with Gasteiger partial charge in [-0.15, -0.1) is 0 Å². The van der Waals surface area contributed by atoms with Crippen LogP contribution in [0.25, 0.3) is 0 Å². The average Bonchev–Trinajstić information content (AvgIpc) is 2.90. The summed E-state index contributed by atoms with van der Waals surface area (Å²) >= 11 is 11.8. The minimum absolute atomic E-state index is 0.291. The van der Waals surface area contributed by atoms with E-state index in [-0.39, 0.29) is 0 Å². The van der Waals surface area contributed by atoms with E-state index in [4.69, 9.17) is 32.7 Å². The topological polar surface area (TPSA) is 77.0 Å². The number of hydrogen-bond acceptors (Lipinski definition) is 5. The van der Waals surface area contributed by atoms with E-state index in [2.05, 4.69) is 10.5 Å². The van der Waals surface area contributed by atoms with E-state index in [1.54, 1.807) is 84.9 Å². The van der Waals surface area contributed by atoms with Crippen molar-refractivity contribution in [2.45, 2.75) is 6.61 Å². The van der Waals surface area contributed by atoms with Gasteiger partial charge < -0.3 is 9.47 Å². The molecule has 0 radical (unpaired) electrons. The van der Waals surface area contributed by atoms with Crippen LogP contribution in [0.15, 0.2) is 102 Å². The Labute approximate surface area is 218 Å². The lowest BCUT2D eigenvalue weighted by Crippen LogP contribution is -2.18. The number of carbonyl (C=O) groups is 2. The quantitative estimate of drug-likeness (QED) is 0.124. The van der Waals surface area contributed by atoms with Crippen LogP contribution in [0.4, 0.5) is 0 Å². The highest BCUT2D eigenvalue weighted by molar-refractivity contribution is 6.30. The summed E-state index contributed by atoms with van der Waals surface area (Å²) in [7, 11) is 0. The summed E-state index contributed by atoms with van der Waals surface area (Å²) in [6, 6.07) is 27.3. The smallest absolute Gasteiger partial charge is 0.343 e. The predicted octanol–water partition coefficient (Wildman–Crippen LogP) is 6.56. The molecule has 8 heteroatoms. The Bertz CT molecular complexity index is 1370. The predicted molar refractivity (Wildman–Crippen MR) is 140 cm³/mol. The molecule has 0 bridgehead atoms. The standard InChI is InChI=1S/C28H20Cl2N2O4/c29-22-11-5-20(6-12-22)18-35-26-4-2-1-3-25(26)27(33)32-31-17-19-7-15-24(16-8-19)36-28(34)21-9-13-23(30)14-10-21/h1-17H,18H2,(H,32,33)/b31-17+. The summed E-state index contributed by atoms with van der Waals surface area (Å²) in [6.07, 6.45) is 1.49. The zero-order chi connectivity index (χ0) is 25.3. The average molecular weight is 519 g/mol. The van der Waals surface area contributed by atoms with Crippen LogP contribution in [-0.4, -0.2) is 18.1 Å². The highest BCUT2D eigenvalue weighted by Gasteiger charge is 2.12. The number of nitrogens with one attached hydrogen (secondary N) is 1. The van der Waals surface area contributed by atoms with Gasteiger partial charge in [-0.1, -0.05) is 47.5 Å². The van der Waals surface area contributed by atoms with Gasteiger partial charge in [0, 0.05) is 10.0 Å². The van der Waals surface area contributed by atoms with Gasteiger partial charge in [0.05, 0.1) is 17.3 Å². The minimum Gasteiger partial charge on any atom is -0.488 e. The van der Waals surface area contributed by atoms with Crippen LogP contribution in [0.5, 0.6) is 11.5 Å². The highest BCUT2D eigenvalue weighted by atomic mass is 35.5. The van der Waals surface area contributed by atoms with Gasteiger partial charge in [0.1, 0.15) is 18.1 Å². The van der Waals surface area contributed by atoms with E-state index in [1.807, 2.05) is 12.1 Å². The first-order valence-corrected chi connectivity index (χ1v) is 11.6. The number of nitrogens with zero attached hydrogens (tertiary/aromatic N) is 1. The Hall–Kier alpha value is -4.13. The molecule has 0 aliphatic rings. The lowest BCUT2D eigenvalue weighted by molar-refractivity contribution is 0.0734. The van der Waals surface area contributed by atoms with E-state index in [0.717, 1.165) is 5.56 Å². The molecule has 0 atom stereocenters. The maximum absolute atomic E-state index is 12.7. The Morgan fingerprint density at radius 1 is 0.806 bits per heavy atom. The van der Waals surface area contributed by atoms with Gasteiger partial charge in [-0.3, -0.25) is 4.79 Å². The molecule has 1 amide bonds. The lowest BCUT2D eigenvalue weighted by Gasteiger charge is -2.10. The molecule has 0 fully saturated rings. The van der Waals surface area contributed by atoms with Gasteiger partial charge in [0.2, 0.25) is 0 Å². The number of benzene rings is 4. The first kappa shape index (κ1) is 25.0. The number of halogens is 2. The van der Waals surface area contributed by atoms with E-state index < -0.39 is 11.9 Å². The maximum Gasteiger partial charge on any atom is 0.343 e. The molecule has 0 aliphatic heterocycles. The van der Waals surface area contributed by atoms with Crippen molar-refractivity contribution >= 4 is 41.3 Å². The van der Waals surface area contributed by atoms with Gasteiger partial charge in [-0.25, -0.2) is 10.2 Å². The molecule has 0 aromatic heterocycles. The number of ether oxygens (including phenoxy) is 2. The summed E-state index contributed by atoms with van der Waals surface area (Å²) in [5, 5.41) is 5.20. The fourth-order valence-electron chi connectivity index (χ4n) is 3.12. The third-order valence-electron chi connectivity index (χ3n) is 4.99. The molecule has 0 saturated heterocycles. The number of hydrazone groups is 1. The van der Waals surface area contributed by atoms with Crippen LogP contribution >= 0.6 is 23.2 Å². The fraction of sp³-hybridized carbons (Fsp3) is 0.0357. The van der Waals surface area contributed by atoms with E-state index in [0.29, 0.717) is 44.8 Å². The van der Waals surface area contributed by atoms with E-state index >= 15 is 0 Å². The van der Waals surface area contributed by atoms with Gasteiger partial charge >= 0.3 is 5.97 Å². The molecule has 0 aliphatic carbocycles. The van der Waals surface area contributed by atoms with Crippen molar-refractivity contribution in [1.82, 2.24) is 5.43 Å². The second-order valence-corrected chi connectivity index (χ2v) is 8.45. The third kappa shape index (κ3) is 6.95. The maximum atomic E-state index is 12.7. The molecule has 0 unspecified atom stereocenters. The number of esters is 1. The van der Waals surface area contributed by atoms with Crippen molar-refractivity contribution in [1.29, 1.82) is 0 Å². The third-order valence-corrected chi connectivity index (χ3v) is 5.49. The number of carbonyl (C=O) groups excluding carboxylic acids is 2. The molecule has 4 aromatic carbocycles. The summed E-state index contributed by atoms with van der Waals surface area (Å²) in [6.45, 7) is 0.291. The molecule has 4 rings (SSSR count). The highest BCUT2D eigenvalue weighted by Crippen LogP contribution is 2.20. The Morgan fingerprint density at radius 2 is 1.44 bits per heavy atom. The van der Waals surface area contributed by atoms with Crippen LogP contribution in [0.2, 0.25) is 10.0 Å². The SMILES string of the molecule is O=C(Oc1ccc(/C=N/NC(=O)c2ccccc2OCc2ccc(Cl)cc2)cc1)c1ccc(Cl)cc1. The largest absolute Gasteiger partial charge is 0.488 e. The van der Waals surface area contributed by atoms with E-state index in [9.17, 15) is 9.59 Å². The molecule has 36 heavy (non-hydrogen) atoms. The Balaban J connectivity index is 1.32. The van der Waals surface area contributed by atoms with Crippen LogP contribution in [0, 0.1) is 0 Å². The van der Waals surface area contributed by atoms with Crippen molar-refractivity contribution in [3.63, 3.8) is 0 Å². The summed E-state index contributed by atoms with van der Waals surface area (Å²) in [5.74, 6) is -0.0846. The minimum atomic E-state index is -0.489. The summed E-state index contributed by atoms with van der Waals surface area (Å²) in [5.41, 5.74) is 4.88. The Kier molecular flexibility index (Phi) is 8.34. The zero-order valence-electron chi connectivity index (χ0n) is 18.9. The van der Waals surface area contributed by atoms with Crippen molar-refractivity contribution in [2.24, 2.45) is 5.10 Å². The first-order chi connectivity index (χ1) is 17.5. The fourth-order valence-corrected chi connectivity index (χ4v) is 3.37. The van der Waals surface area contributed by atoms with Gasteiger partial charge in [0.25, 0.3) is 5.91 Å². The Morgan fingerprint density at radius 3 is 2.14 bits per heavy atom. The monoisotopic (exact) mass is 518 g/mol. The molecule has 0 saturated carbocycles. The summed E-state index contributed by atoms with van der Waals surface area (Å²) in [4.78, 5) is 24.9. The lowest BCUT2D eigenvalue weighted by atomic mass is 10.2. The second kappa shape index (κ2) is 12.0. The van der Waals surface area contributed by atoms with Gasteiger partial charge in [0.15, 0.2) is 0 Å². The van der Waals surface area contributed by atoms with E-state index in [1.165, 1.54) is 6.21 Å². The molecular weight excluding hydrogens is 499 g/mol. The van der Waals surface area contributed by atoms with Crippen molar-refractivity contribution in [3.8, 4) is 11.5 Å². The molecule has 6 nitrogen and oxygen atoms in total. The molecule has 1 N–H and O–H groups in total. The second-order valence-electron chi connectivity index (χ2n) is 7.58. The van der Waals surface area contributed by atoms with Crippen molar-refractivity contribution < 1.29 is 19.1 Å². The molecule has 0 heterocycles. The molecule has 4 aromatic rings. The van der Waals surface area contributed by atoms with Crippen molar-refractivity contribution in [3.05, 3.63) is 129 Å². The summed E-state index contributed by atoms with van der Waals surface area (Å²) < 4.78 is 11.2. The number of para-hydroxylation sites is 1. The van der Waals surface area contributed by atoms with Crippen LogP contribution < -0.4 is 14.9 Å². The molecule has 0 spiro atoms. The number of amides is 1. The normalized spacial score (nSPS) is 10.7. The first-order valence-electron chi connectivity index (χ1n) is 10.9. The van der Waals surface area contributed by atoms with Crippen LogP contribution in [0.1, 0.15) is 31.8 Å². The van der Waals surface area contributed by atoms with Crippen LogP contribution in [0.3, 0.4) is 0 Å². The zero-order valence-corrected chi connectivity index (χ0v) is 20.4. The van der Waals surface area contributed by atoms with Gasteiger partial charge in [-0.05, 0) is 83.9 Å². The number of rotatable bonds is 8. The van der Waals surface area contributed by atoms with Crippen molar-refractivity contribution in [2.75, 3.05) is 0 Å². The number of hydrogen-bond donors (Lipinski definition) is 1. The van der Waals surface area contributed by atoms with Gasteiger partial charge in [-0.2, -0.15) is 5.10 Å². The molecule has 180 valence electrons. The molecular formula is C28H20Cl2N2O4.